The highest BCUT2D eigenvalue weighted by Crippen LogP contribution is 2.29. The normalized spacial score (nSPS) is 13.8. The number of hydrogen-bond acceptors (Lipinski definition) is 4. The third-order valence-corrected chi connectivity index (χ3v) is 16.6. The van der Waals surface area contributed by atoms with Gasteiger partial charge in [-0.1, -0.05) is 41.5 Å². The third kappa shape index (κ3) is 5.30. The van der Waals surface area contributed by atoms with Crippen molar-refractivity contribution in [1.82, 2.24) is 0 Å². The molecule has 19 heavy (non-hydrogen) atoms. The molecule has 0 rings (SSSR count). The van der Waals surface area contributed by atoms with Gasteiger partial charge in [-0.2, -0.15) is 8.42 Å². The Balaban J connectivity index is 5.09. The zero-order valence-electron chi connectivity index (χ0n) is 13.3. The molecule has 0 saturated carbocycles. The number of rotatable bonds is 10. The molecule has 0 aliphatic carbocycles. The van der Waals surface area contributed by atoms with Gasteiger partial charge in [0.25, 0.3) is 0 Å². The van der Waals surface area contributed by atoms with Gasteiger partial charge in [-0.25, -0.2) is 0 Å². The van der Waals surface area contributed by atoms with Crippen LogP contribution in [0.4, 0.5) is 0 Å². The smallest absolute Gasteiger partial charge is 0.294 e. The largest absolute Gasteiger partial charge is 0.380 e. The van der Waals surface area contributed by atoms with E-state index in [4.69, 9.17) is 7.74 Å². The van der Waals surface area contributed by atoms with Gasteiger partial charge in [0.15, 0.2) is 0 Å². The van der Waals surface area contributed by atoms with Crippen LogP contribution in [0.5, 0.6) is 0 Å². The monoisotopic (exact) mass is 326 g/mol. The van der Waals surface area contributed by atoms with Crippen molar-refractivity contribution in [3.05, 3.63) is 0 Å². The summed E-state index contributed by atoms with van der Waals surface area (Å²) >= 11 is 0. The molecule has 0 radical (unpaired) electrons. The van der Waals surface area contributed by atoms with Crippen LogP contribution in [0.15, 0.2) is 0 Å². The summed E-state index contributed by atoms with van der Waals surface area (Å²) < 4.78 is 35.6. The van der Waals surface area contributed by atoms with Gasteiger partial charge >= 0.3 is 10.4 Å². The van der Waals surface area contributed by atoms with Gasteiger partial charge in [0, 0.05) is 0 Å². The lowest BCUT2D eigenvalue weighted by Crippen LogP contribution is -2.44. The highest BCUT2D eigenvalue weighted by atomic mass is 32.3. The highest BCUT2D eigenvalue weighted by molar-refractivity contribution is 7.84. The van der Waals surface area contributed by atoms with Crippen molar-refractivity contribution in [2.75, 3.05) is 0 Å². The molecule has 0 aromatic heterocycles. The van der Waals surface area contributed by atoms with Crippen molar-refractivity contribution in [1.29, 1.82) is 0 Å². The summed E-state index contributed by atoms with van der Waals surface area (Å²) in [4.78, 5) is 0. The van der Waals surface area contributed by atoms with E-state index in [1.165, 1.54) is 0 Å². The van der Waals surface area contributed by atoms with Gasteiger partial charge in [-0.05, 0) is 36.3 Å². The third-order valence-electron chi connectivity index (χ3n) is 4.42. The molecule has 0 spiro atoms. The molecule has 0 N–H and O–H groups in total. The Morgan fingerprint density at radius 1 is 0.632 bits per heavy atom. The molecular weight excluding hydrogens is 296 g/mol. The minimum Gasteiger partial charge on any atom is -0.294 e. The lowest BCUT2D eigenvalue weighted by atomic mass is 10.9. The number of hydrogen-bond donors (Lipinski definition) is 0. The average Bonchev–Trinajstić information content (AvgIpc) is 2.42. The second-order valence-electron chi connectivity index (χ2n) is 5.06. The van der Waals surface area contributed by atoms with E-state index in [1.54, 1.807) is 0 Å². The zero-order chi connectivity index (χ0) is 15.2. The van der Waals surface area contributed by atoms with Crippen LogP contribution in [0, 0.1) is 0 Å². The average molecular weight is 327 g/mol. The maximum absolute atomic E-state index is 12.2. The molecule has 0 aromatic carbocycles. The first-order valence-corrected chi connectivity index (χ1v) is 13.8. The van der Waals surface area contributed by atoms with Crippen molar-refractivity contribution < 1.29 is 16.2 Å². The first-order valence-electron chi connectivity index (χ1n) is 7.44. The summed E-state index contributed by atoms with van der Waals surface area (Å²) in [5.74, 6) is 0. The fourth-order valence-electron chi connectivity index (χ4n) is 2.30. The van der Waals surface area contributed by atoms with E-state index in [0.29, 0.717) is 0 Å². The predicted octanol–water partition coefficient (Wildman–Crippen LogP) is 4.27. The molecule has 0 aliphatic heterocycles. The SMILES string of the molecule is CC[Si](CC)(CC)OS(=O)(=O)O[Si](CC)(CC)CC. The van der Waals surface area contributed by atoms with Gasteiger partial charge in [0.2, 0.25) is 16.6 Å². The van der Waals surface area contributed by atoms with Crippen molar-refractivity contribution in [2.24, 2.45) is 0 Å². The molecule has 0 unspecified atom stereocenters. The van der Waals surface area contributed by atoms with Crippen LogP contribution in [0.3, 0.4) is 0 Å². The van der Waals surface area contributed by atoms with E-state index in [9.17, 15) is 8.42 Å². The summed E-state index contributed by atoms with van der Waals surface area (Å²) in [5, 5.41) is 0. The van der Waals surface area contributed by atoms with E-state index < -0.39 is 27.0 Å². The first kappa shape index (κ1) is 19.3. The van der Waals surface area contributed by atoms with Gasteiger partial charge in [-0.3, -0.25) is 7.74 Å². The Morgan fingerprint density at radius 2 is 0.842 bits per heavy atom. The molecule has 116 valence electrons. The molecule has 0 amide bonds. The summed E-state index contributed by atoms with van der Waals surface area (Å²) in [6.45, 7) is 12.1. The van der Waals surface area contributed by atoms with Crippen LogP contribution < -0.4 is 0 Å². The minimum absolute atomic E-state index is 0.807. The predicted molar refractivity (Wildman–Crippen MR) is 85.5 cm³/mol. The molecule has 0 saturated heterocycles. The lowest BCUT2D eigenvalue weighted by Gasteiger charge is -2.31. The molecule has 0 bridgehead atoms. The Morgan fingerprint density at radius 3 is 1.00 bits per heavy atom. The van der Waals surface area contributed by atoms with Gasteiger partial charge < -0.3 is 0 Å². The highest BCUT2D eigenvalue weighted by Gasteiger charge is 2.40. The van der Waals surface area contributed by atoms with Crippen molar-refractivity contribution in [3.63, 3.8) is 0 Å². The van der Waals surface area contributed by atoms with Crippen LogP contribution in [-0.4, -0.2) is 25.1 Å². The van der Waals surface area contributed by atoms with Crippen LogP contribution in [-0.2, 0) is 18.1 Å². The van der Waals surface area contributed by atoms with Crippen LogP contribution in [0.1, 0.15) is 41.5 Å². The lowest BCUT2D eigenvalue weighted by molar-refractivity contribution is 0.378. The molecule has 0 heterocycles. The van der Waals surface area contributed by atoms with Gasteiger partial charge in [0.05, 0.1) is 0 Å². The van der Waals surface area contributed by atoms with Crippen LogP contribution >= 0.6 is 0 Å². The Kier molecular flexibility index (Phi) is 8.05. The minimum atomic E-state index is -3.85. The molecule has 0 aromatic rings. The van der Waals surface area contributed by atoms with Crippen molar-refractivity contribution in [2.45, 2.75) is 77.8 Å². The standard InChI is InChI=1S/C12H30O4SSi2/c1-7-18(8-2,9-3)15-17(13,14)16-19(10-4,11-5)12-6/h7-12H2,1-6H3. The summed E-state index contributed by atoms with van der Waals surface area (Å²) in [6, 6.07) is 4.84. The Hall–Kier alpha value is 0.304. The molecule has 0 aliphatic rings. The van der Waals surface area contributed by atoms with Gasteiger partial charge in [0.1, 0.15) is 0 Å². The van der Waals surface area contributed by atoms with Crippen molar-refractivity contribution in [3.8, 4) is 0 Å². The summed E-state index contributed by atoms with van der Waals surface area (Å²) in [5.41, 5.74) is 0. The second kappa shape index (κ2) is 7.92. The molecule has 7 heteroatoms. The molecule has 0 fully saturated rings. The fraction of sp³-hybridized carbons (Fsp3) is 1.00. The first-order chi connectivity index (χ1) is 8.78. The molecule has 4 nitrogen and oxygen atoms in total. The fourth-order valence-corrected chi connectivity index (χ4v) is 12.0. The molecule has 0 atom stereocenters. The Bertz CT molecular complexity index is 304. The van der Waals surface area contributed by atoms with Crippen molar-refractivity contribution >= 4 is 27.0 Å². The van der Waals surface area contributed by atoms with E-state index in [-0.39, 0.29) is 0 Å². The van der Waals surface area contributed by atoms with Crippen LogP contribution in [0.2, 0.25) is 36.3 Å². The second-order valence-corrected chi connectivity index (χ2v) is 16.2. The maximum Gasteiger partial charge on any atom is 0.380 e. The Labute approximate surface area is 121 Å². The van der Waals surface area contributed by atoms with E-state index >= 15 is 0 Å². The summed E-state index contributed by atoms with van der Waals surface area (Å²) in [6.07, 6.45) is 0. The molecular formula is C12H30O4SSi2. The topological polar surface area (TPSA) is 52.6 Å². The van der Waals surface area contributed by atoms with Gasteiger partial charge in [-0.15, -0.1) is 0 Å². The summed E-state index contributed by atoms with van der Waals surface area (Å²) in [7, 11) is -8.21. The zero-order valence-corrected chi connectivity index (χ0v) is 16.1. The quantitative estimate of drug-likeness (QED) is 0.562. The van der Waals surface area contributed by atoms with Crippen LogP contribution in [0.25, 0.3) is 0 Å². The van der Waals surface area contributed by atoms with E-state index in [2.05, 4.69) is 0 Å². The van der Waals surface area contributed by atoms with E-state index in [0.717, 1.165) is 36.3 Å². The maximum atomic E-state index is 12.2. The van der Waals surface area contributed by atoms with E-state index in [1.807, 2.05) is 41.5 Å².